The summed E-state index contributed by atoms with van der Waals surface area (Å²) in [6, 6.07) is 5.38. The topological polar surface area (TPSA) is 49.3 Å². The number of hydrogen-bond donors (Lipinski definition) is 2. The molecule has 0 bridgehead atoms. The Balaban J connectivity index is 2.23. The maximum Gasteiger partial charge on any atom is 0.320 e. The van der Waals surface area contributed by atoms with Crippen molar-refractivity contribution in [1.82, 2.24) is 5.32 Å². The van der Waals surface area contributed by atoms with Crippen molar-refractivity contribution in [3.05, 3.63) is 28.8 Å². The molecular formula is C14H18ClNO2S. The number of rotatable bonds is 4. The Hall–Kier alpha value is -0.710. The van der Waals surface area contributed by atoms with E-state index in [2.05, 4.69) is 5.32 Å². The van der Waals surface area contributed by atoms with Crippen molar-refractivity contribution in [2.24, 2.45) is 5.92 Å². The molecule has 0 saturated heterocycles. The van der Waals surface area contributed by atoms with E-state index in [1.54, 1.807) is 11.8 Å². The minimum atomic E-state index is -0.795. The highest BCUT2D eigenvalue weighted by atomic mass is 35.5. The zero-order valence-electron chi connectivity index (χ0n) is 11.0. The van der Waals surface area contributed by atoms with Crippen LogP contribution in [0.1, 0.15) is 31.9 Å². The number of aliphatic carboxylic acids is 1. The molecule has 1 heterocycles. The first-order valence-electron chi connectivity index (χ1n) is 6.40. The van der Waals surface area contributed by atoms with E-state index in [4.69, 9.17) is 11.6 Å². The fourth-order valence-corrected chi connectivity index (χ4v) is 3.59. The SMILES string of the molecule is CC(C)C(NC1CCSc2ccc(Cl)cc21)C(=O)O. The number of hydrogen-bond acceptors (Lipinski definition) is 3. The minimum absolute atomic E-state index is 0.0507. The first-order valence-corrected chi connectivity index (χ1v) is 7.76. The van der Waals surface area contributed by atoms with Crippen molar-refractivity contribution in [2.45, 2.75) is 37.2 Å². The Morgan fingerprint density at radius 1 is 1.53 bits per heavy atom. The van der Waals surface area contributed by atoms with E-state index in [1.807, 2.05) is 32.0 Å². The predicted molar refractivity (Wildman–Crippen MR) is 78.9 cm³/mol. The van der Waals surface area contributed by atoms with E-state index in [-0.39, 0.29) is 12.0 Å². The van der Waals surface area contributed by atoms with Crippen LogP contribution in [0.25, 0.3) is 0 Å². The standard InChI is InChI=1S/C14H18ClNO2S/c1-8(2)13(14(17)18)16-11-5-6-19-12-4-3-9(15)7-10(11)12/h3-4,7-8,11,13,16H,5-6H2,1-2H3,(H,17,18). The molecule has 0 aliphatic carbocycles. The first-order chi connectivity index (χ1) is 8.99. The quantitative estimate of drug-likeness (QED) is 0.892. The molecule has 1 aromatic carbocycles. The normalized spacial score (nSPS) is 20.1. The molecule has 2 rings (SSSR count). The number of carboxylic acid groups (broad SMARTS) is 1. The number of nitrogens with one attached hydrogen (secondary N) is 1. The summed E-state index contributed by atoms with van der Waals surface area (Å²) in [6.45, 7) is 3.84. The van der Waals surface area contributed by atoms with Crippen LogP contribution in [0.5, 0.6) is 0 Å². The van der Waals surface area contributed by atoms with Gasteiger partial charge in [-0.05, 0) is 41.9 Å². The molecule has 3 nitrogen and oxygen atoms in total. The molecule has 0 aromatic heterocycles. The van der Waals surface area contributed by atoms with Crippen LogP contribution < -0.4 is 5.32 Å². The van der Waals surface area contributed by atoms with Crippen molar-refractivity contribution in [1.29, 1.82) is 0 Å². The Bertz CT molecular complexity index is 479. The van der Waals surface area contributed by atoms with Gasteiger partial charge in [0.2, 0.25) is 0 Å². The van der Waals surface area contributed by atoms with Gasteiger partial charge < -0.3 is 5.11 Å². The van der Waals surface area contributed by atoms with E-state index < -0.39 is 12.0 Å². The van der Waals surface area contributed by atoms with Crippen LogP contribution in [0.2, 0.25) is 5.02 Å². The van der Waals surface area contributed by atoms with E-state index in [0.717, 1.165) is 17.7 Å². The lowest BCUT2D eigenvalue weighted by molar-refractivity contribution is -0.140. The average Bonchev–Trinajstić information content (AvgIpc) is 2.35. The minimum Gasteiger partial charge on any atom is -0.480 e. The second kappa shape index (κ2) is 6.16. The maximum atomic E-state index is 11.3. The highest BCUT2D eigenvalue weighted by molar-refractivity contribution is 7.99. The highest BCUT2D eigenvalue weighted by Crippen LogP contribution is 2.37. The third kappa shape index (κ3) is 3.44. The molecule has 0 amide bonds. The van der Waals surface area contributed by atoms with Gasteiger partial charge in [-0.25, -0.2) is 0 Å². The lowest BCUT2D eigenvalue weighted by atomic mass is 9.98. The van der Waals surface area contributed by atoms with Gasteiger partial charge in [0.25, 0.3) is 0 Å². The fraction of sp³-hybridized carbons (Fsp3) is 0.500. The molecule has 0 saturated carbocycles. The summed E-state index contributed by atoms with van der Waals surface area (Å²) in [5, 5.41) is 13.2. The molecule has 5 heteroatoms. The molecule has 2 atom stereocenters. The van der Waals surface area contributed by atoms with Gasteiger partial charge in [-0.15, -0.1) is 11.8 Å². The van der Waals surface area contributed by atoms with Crippen molar-refractivity contribution in [3.8, 4) is 0 Å². The molecule has 1 aromatic rings. The lowest BCUT2D eigenvalue weighted by Crippen LogP contribution is -2.43. The number of thioether (sulfide) groups is 1. The molecule has 1 aliphatic rings. The molecular weight excluding hydrogens is 282 g/mol. The van der Waals surface area contributed by atoms with E-state index in [1.165, 1.54) is 4.90 Å². The van der Waals surface area contributed by atoms with Gasteiger partial charge in [0.1, 0.15) is 6.04 Å². The van der Waals surface area contributed by atoms with Gasteiger partial charge in [-0.3, -0.25) is 10.1 Å². The monoisotopic (exact) mass is 299 g/mol. The fourth-order valence-electron chi connectivity index (χ4n) is 2.30. The average molecular weight is 300 g/mol. The Morgan fingerprint density at radius 3 is 2.89 bits per heavy atom. The summed E-state index contributed by atoms with van der Waals surface area (Å²) < 4.78 is 0. The molecule has 19 heavy (non-hydrogen) atoms. The molecule has 0 fully saturated rings. The van der Waals surface area contributed by atoms with E-state index in [0.29, 0.717) is 5.02 Å². The van der Waals surface area contributed by atoms with Crippen molar-refractivity contribution >= 4 is 29.3 Å². The van der Waals surface area contributed by atoms with E-state index in [9.17, 15) is 9.90 Å². The summed E-state index contributed by atoms with van der Waals surface area (Å²) in [5.74, 6) is 0.253. The van der Waals surface area contributed by atoms with Gasteiger partial charge in [-0.2, -0.15) is 0 Å². The van der Waals surface area contributed by atoms with Crippen LogP contribution in [0.4, 0.5) is 0 Å². The van der Waals surface area contributed by atoms with Crippen molar-refractivity contribution in [2.75, 3.05) is 5.75 Å². The number of halogens is 1. The van der Waals surface area contributed by atoms with Crippen LogP contribution in [0.15, 0.2) is 23.1 Å². The lowest BCUT2D eigenvalue weighted by Gasteiger charge is -2.30. The summed E-state index contributed by atoms with van der Waals surface area (Å²) in [6.07, 6.45) is 0.925. The van der Waals surface area contributed by atoms with Gasteiger partial charge >= 0.3 is 5.97 Å². The number of carbonyl (C=O) groups is 1. The largest absolute Gasteiger partial charge is 0.480 e. The van der Waals surface area contributed by atoms with Crippen LogP contribution in [0, 0.1) is 5.92 Å². The Kier molecular flexibility index (Phi) is 4.76. The first kappa shape index (κ1) is 14.7. The van der Waals surface area contributed by atoms with Crippen molar-refractivity contribution < 1.29 is 9.90 Å². The molecule has 2 unspecified atom stereocenters. The summed E-state index contributed by atoms with van der Waals surface area (Å²) in [5.41, 5.74) is 1.12. The Labute approximate surface area is 122 Å². The zero-order valence-corrected chi connectivity index (χ0v) is 12.6. The zero-order chi connectivity index (χ0) is 14.0. The third-order valence-electron chi connectivity index (χ3n) is 3.32. The van der Waals surface area contributed by atoms with Gasteiger partial charge in [0.05, 0.1) is 0 Å². The summed E-state index contributed by atoms with van der Waals surface area (Å²) in [7, 11) is 0. The second-order valence-electron chi connectivity index (χ2n) is 5.10. The van der Waals surface area contributed by atoms with Crippen LogP contribution >= 0.6 is 23.4 Å². The van der Waals surface area contributed by atoms with Gasteiger partial charge in [-0.1, -0.05) is 25.4 Å². The van der Waals surface area contributed by atoms with Crippen LogP contribution in [0.3, 0.4) is 0 Å². The number of carboxylic acids is 1. The highest BCUT2D eigenvalue weighted by Gasteiger charge is 2.28. The molecule has 2 N–H and O–H groups in total. The molecule has 104 valence electrons. The van der Waals surface area contributed by atoms with Gasteiger partial charge in [0, 0.05) is 16.0 Å². The molecule has 1 aliphatic heterocycles. The number of fused-ring (bicyclic) bond motifs is 1. The maximum absolute atomic E-state index is 11.3. The van der Waals surface area contributed by atoms with Crippen LogP contribution in [-0.4, -0.2) is 22.9 Å². The predicted octanol–water partition coefficient (Wildman–Crippen LogP) is 3.58. The number of benzene rings is 1. The second-order valence-corrected chi connectivity index (χ2v) is 6.67. The van der Waals surface area contributed by atoms with E-state index >= 15 is 0 Å². The summed E-state index contributed by atoms with van der Waals surface area (Å²) in [4.78, 5) is 12.5. The van der Waals surface area contributed by atoms with Crippen molar-refractivity contribution in [3.63, 3.8) is 0 Å². The van der Waals surface area contributed by atoms with Crippen LogP contribution in [-0.2, 0) is 4.79 Å². The Morgan fingerprint density at radius 2 is 2.26 bits per heavy atom. The molecule has 0 spiro atoms. The third-order valence-corrected chi connectivity index (χ3v) is 4.68. The smallest absolute Gasteiger partial charge is 0.320 e. The van der Waals surface area contributed by atoms with Gasteiger partial charge in [0.15, 0.2) is 0 Å². The molecule has 0 radical (unpaired) electrons. The summed E-state index contributed by atoms with van der Waals surface area (Å²) >= 11 is 7.85.